The van der Waals surface area contributed by atoms with Crippen molar-refractivity contribution in [3.63, 3.8) is 0 Å². The van der Waals surface area contributed by atoms with Gasteiger partial charge in [-0.15, -0.1) is 0 Å². The minimum absolute atomic E-state index is 0.129. The van der Waals surface area contributed by atoms with Gasteiger partial charge < -0.3 is 14.5 Å². The maximum atomic E-state index is 12.3. The molecular formula is C20H23NO5. The smallest absolute Gasteiger partial charge is 0.375 e. The van der Waals surface area contributed by atoms with Crippen LogP contribution in [0.25, 0.3) is 11.0 Å². The van der Waals surface area contributed by atoms with Gasteiger partial charge in [-0.05, 0) is 31.9 Å². The molecule has 1 aliphatic rings. The van der Waals surface area contributed by atoms with E-state index in [1.165, 1.54) is 19.8 Å². The van der Waals surface area contributed by atoms with E-state index in [4.69, 9.17) is 9.15 Å². The van der Waals surface area contributed by atoms with Gasteiger partial charge in [0.15, 0.2) is 11.5 Å². The van der Waals surface area contributed by atoms with Crippen molar-refractivity contribution >= 4 is 22.8 Å². The normalized spacial score (nSPS) is 16.7. The Morgan fingerprint density at radius 1 is 1.15 bits per heavy atom. The van der Waals surface area contributed by atoms with Crippen LogP contribution in [0.5, 0.6) is 0 Å². The molecule has 2 aromatic rings. The van der Waals surface area contributed by atoms with Gasteiger partial charge in [0.05, 0.1) is 5.39 Å². The zero-order valence-corrected chi connectivity index (χ0v) is 14.8. The molecule has 0 bridgehead atoms. The summed E-state index contributed by atoms with van der Waals surface area (Å²) < 4.78 is 10.6. The average Bonchev–Trinajstić information content (AvgIpc) is 2.90. The maximum Gasteiger partial charge on any atom is 0.375 e. The maximum absolute atomic E-state index is 12.3. The zero-order chi connectivity index (χ0) is 18.5. The molecule has 26 heavy (non-hydrogen) atoms. The van der Waals surface area contributed by atoms with Crippen LogP contribution in [0.3, 0.4) is 0 Å². The summed E-state index contributed by atoms with van der Waals surface area (Å²) in [5, 5.41) is 3.34. The summed E-state index contributed by atoms with van der Waals surface area (Å²) in [7, 11) is 0. The van der Waals surface area contributed by atoms with Crippen molar-refractivity contribution in [2.45, 2.75) is 57.6 Å². The van der Waals surface area contributed by atoms with Gasteiger partial charge in [0.2, 0.25) is 5.76 Å². The molecule has 1 amide bonds. The summed E-state index contributed by atoms with van der Waals surface area (Å²) in [6.07, 6.45) is 5.53. The highest BCUT2D eigenvalue weighted by Crippen LogP contribution is 2.18. The third kappa shape index (κ3) is 4.31. The Kier molecular flexibility index (Phi) is 5.71. The second-order valence-corrected chi connectivity index (χ2v) is 6.72. The highest BCUT2D eigenvalue weighted by molar-refractivity contribution is 5.91. The van der Waals surface area contributed by atoms with Gasteiger partial charge in [-0.1, -0.05) is 37.8 Å². The Hall–Kier alpha value is -2.63. The molecular weight excluding hydrogens is 334 g/mol. The van der Waals surface area contributed by atoms with Crippen LogP contribution in [0.1, 0.15) is 56.0 Å². The van der Waals surface area contributed by atoms with Gasteiger partial charge in [0.25, 0.3) is 5.91 Å². The van der Waals surface area contributed by atoms with Crippen LogP contribution in [0.15, 0.2) is 39.5 Å². The number of benzene rings is 1. The van der Waals surface area contributed by atoms with E-state index in [2.05, 4.69) is 5.32 Å². The third-order valence-electron chi connectivity index (χ3n) is 4.69. The predicted octanol–water partition coefficient (Wildman–Crippen LogP) is 3.18. The Morgan fingerprint density at radius 3 is 2.58 bits per heavy atom. The molecule has 6 nitrogen and oxygen atoms in total. The number of rotatable bonds is 4. The molecule has 6 heteroatoms. The number of para-hydroxylation sites is 1. The summed E-state index contributed by atoms with van der Waals surface area (Å²) in [4.78, 5) is 36.6. The van der Waals surface area contributed by atoms with E-state index in [0.29, 0.717) is 11.0 Å². The number of carbonyl (C=O) groups excluding carboxylic acids is 2. The molecule has 1 heterocycles. The monoisotopic (exact) mass is 357 g/mol. The van der Waals surface area contributed by atoms with Crippen LogP contribution in [0, 0.1) is 0 Å². The Labute approximate surface area is 151 Å². The number of nitrogens with one attached hydrogen (secondary N) is 1. The highest BCUT2D eigenvalue weighted by Gasteiger charge is 2.24. The molecule has 1 aromatic heterocycles. The second-order valence-electron chi connectivity index (χ2n) is 6.72. The first-order valence-corrected chi connectivity index (χ1v) is 9.09. The molecule has 1 N–H and O–H groups in total. The van der Waals surface area contributed by atoms with E-state index >= 15 is 0 Å². The first-order chi connectivity index (χ1) is 12.5. The number of hydrogen-bond donors (Lipinski definition) is 1. The summed E-state index contributed by atoms with van der Waals surface area (Å²) in [5.74, 6) is -1.35. The molecule has 3 rings (SSSR count). The van der Waals surface area contributed by atoms with Crippen molar-refractivity contribution < 1.29 is 18.7 Å². The van der Waals surface area contributed by atoms with Crippen LogP contribution < -0.4 is 10.7 Å². The standard InChI is InChI=1S/C20H23NO5/c1-13(19(23)21-14-8-4-2-3-5-9-14)25-20(24)18-12-16(22)15-10-6-7-11-17(15)26-18/h6-7,10-14H,2-5,8-9H2,1H3,(H,21,23)/t13-/m1/s1. The largest absolute Gasteiger partial charge is 0.449 e. The third-order valence-corrected chi connectivity index (χ3v) is 4.69. The Balaban J connectivity index is 1.65. The summed E-state index contributed by atoms with van der Waals surface area (Å²) in [6.45, 7) is 1.52. The number of esters is 1. The van der Waals surface area contributed by atoms with Gasteiger partial charge in [-0.2, -0.15) is 0 Å². The number of hydrogen-bond acceptors (Lipinski definition) is 5. The molecule has 1 fully saturated rings. The van der Waals surface area contributed by atoms with E-state index in [9.17, 15) is 14.4 Å². The number of amides is 1. The lowest BCUT2D eigenvalue weighted by atomic mass is 10.1. The van der Waals surface area contributed by atoms with Crippen molar-refractivity contribution in [3.05, 3.63) is 46.3 Å². The fourth-order valence-corrected chi connectivity index (χ4v) is 3.22. The van der Waals surface area contributed by atoms with Crippen LogP contribution in [0.4, 0.5) is 0 Å². The molecule has 1 aliphatic carbocycles. The van der Waals surface area contributed by atoms with E-state index in [-0.39, 0.29) is 23.1 Å². The lowest BCUT2D eigenvalue weighted by Gasteiger charge is -2.19. The first-order valence-electron chi connectivity index (χ1n) is 9.09. The lowest BCUT2D eigenvalue weighted by molar-refractivity contribution is -0.130. The second kappa shape index (κ2) is 8.17. The summed E-state index contributed by atoms with van der Waals surface area (Å²) in [5.41, 5.74) is -0.0168. The molecule has 0 spiro atoms. The number of carbonyl (C=O) groups is 2. The molecule has 138 valence electrons. The Bertz CT molecular complexity index is 849. The van der Waals surface area contributed by atoms with E-state index < -0.39 is 12.1 Å². The quantitative estimate of drug-likeness (QED) is 0.671. The van der Waals surface area contributed by atoms with Crippen molar-refractivity contribution in [2.75, 3.05) is 0 Å². The van der Waals surface area contributed by atoms with Gasteiger partial charge in [0, 0.05) is 12.1 Å². The van der Waals surface area contributed by atoms with Gasteiger partial charge in [-0.25, -0.2) is 4.79 Å². The number of fused-ring (bicyclic) bond motifs is 1. The molecule has 1 atom stereocenters. The lowest BCUT2D eigenvalue weighted by Crippen LogP contribution is -2.41. The van der Waals surface area contributed by atoms with Crippen LogP contribution in [0.2, 0.25) is 0 Å². The van der Waals surface area contributed by atoms with E-state index in [1.807, 2.05) is 0 Å². The fraction of sp³-hybridized carbons (Fsp3) is 0.450. The van der Waals surface area contributed by atoms with E-state index in [0.717, 1.165) is 31.7 Å². The topological polar surface area (TPSA) is 85.6 Å². The minimum Gasteiger partial charge on any atom is -0.449 e. The van der Waals surface area contributed by atoms with Gasteiger partial charge in [-0.3, -0.25) is 9.59 Å². The van der Waals surface area contributed by atoms with Crippen LogP contribution in [-0.2, 0) is 9.53 Å². The molecule has 1 aromatic carbocycles. The van der Waals surface area contributed by atoms with Crippen molar-refractivity contribution in [3.8, 4) is 0 Å². The van der Waals surface area contributed by atoms with Crippen molar-refractivity contribution in [1.29, 1.82) is 0 Å². The van der Waals surface area contributed by atoms with Crippen molar-refractivity contribution in [1.82, 2.24) is 5.32 Å². The summed E-state index contributed by atoms with van der Waals surface area (Å²) >= 11 is 0. The predicted molar refractivity (Wildman–Crippen MR) is 97.0 cm³/mol. The van der Waals surface area contributed by atoms with Crippen LogP contribution in [-0.4, -0.2) is 24.0 Å². The highest BCUT2D eigenvalue weighted by atomic mass is 16.6. The average molecular weight is 357 g/mol. The molecule has 0 radical (unpaired) electrons. The van der Waals surface area contributed by atoms with Crippen LogP contribution >= 0.6 is 0 Å². The molecule has 0 saturated heterocycles. The van der Waals surface area contributed by atoms with Gasteiger partial charge >= 0.3 is 5.97 Å². The SMILES string of the molecule is C[C@@H](OC(=O)c1cc(=O)c2ccccc2o1)C(=O)NC1CCCCCC1. The molecule has 0 aliphatic heterocycles. The fourth-order valence-electron chi connectivity index (χ4n) is 3.22. The summed E-state index contributed by atoms with van der Waals surface area (Å²) in [6, 6.07) is 7.89. The van der Waals surface area contributed by atoms with Gasteiger partial charge in [0.1, 0.15) is 5.58 Å². The number of ether oxygens (including phenoxy) is 1. The molecule has 1 saturated carbocycles. The molecule has 0 unspecified atom stereocenters. The minimum atomic E-state index is -0.956. The van der Waals surface area contributed by atoms with Crippen molar-refractivity contribution in [2.24, 2.45) is 0 Å². The zero-order valence-electron chi connectivity index (χ0n) is 14.8. The Morgan fingerprint density at radius 2 is 1.85 bits per heavy atom. The first kappa shape index (κ1) is 18.2. The van der Waals surface area contributed by atoms with E-state index in [1.54, 1.807) is 24.3 Å².